The van der Waals surface area contributed by atoms with E-state index in [-0.39, 0.29) is 20.4 Å². The Hall–Kier alpha value is -0.460. The number of hydrogen-bond acceptors (Lipinski definition) is 3. The first-order valence-electron chi connectivity index (χ1n) is 4.09. The molecule has 0 saturated carbocycles. The molecule has 2 rings (SSSR count). The molecule has 1 heterocycles. The molecule has 2 aromatic rings. The SMILES string of the molecule is CSc1ncc2c(F)c(Cl)c(Br)c(F)c2n1. The number of nitrogens with zero attached hydrogens (tertiary/aromatic N) is 2. The monoisotopic (exact) mass is 324 g/mol. The van der Waals surface area contributed by atoms with E-state index >= 15 is 0 Å². The van der Waals surface area contributed by atoms with Crippen molar-refractivity contribution in [3.63, 3.8) is 0 Å². The van der Waals surface area contributed by atoms with Gasteiger partial charge >= 0.3 is 0 Å². The number of hydrogen-bond donors (Lipinski definition) is 0. The van der Waals surface area contributed by atoms with Gasteiger partial charge < -0.3 is 0 Å². The van der Waals surface area contributed by atoms with Gasteiger partial charge in [0.15, 0.2) is 16.8 Å². The Morgan fingerprint density at radius 2 is 2.06 bits per heavy atom. The van der Waals surface area contributed by atoms with Gasteiger partial charge in [-0.25, -0.2) is 18.7 Å². The highest BCUT2D eigenvalue weighted by atomic mass is 79.9. The van der Waals surface area contributed by atoms with Crippen molar-refractivity contribution in [3.05, 3.63) is 27.3 Å². The number of benzene rings is 1. The van der Waals surface area contributed by atoms with Crippen LogP contribution >= 0.6 is 39.3 Å². The van der Waals surface area contributed by atoms with Crippen molar-refractivity contribution in [2.75, 3.05) is 6.26 Å². The molecule has 2 nitrogen and oxygen atoms in total. The van der Waals surface area contributed by atoms with Gasteiger partial charge in [0.2, 0.25) is 0 Å². The lowest BCUT2D eigenvalue weighted by Gasteiger charge is -2.06. The maximum atomic E-state index is 13.8. The van der Waals surface area contributed by atoms with Crippen molar-refractivity contribution in [2.45, 2.75) is 5.16 Å². The van der Waals surface area contributed by atoms with Crippen molar-refractivity contribution in [1.82, 2.24) is 9.97 Å². The van der Waals surface area contributed by atoms with Crippen LogP contribution in [0.1, 0.15) is 0 Å². The minimum absolute atomic E-state index is 0.0245. The lowest BCUT2D eigenvalue weighted by Crippen LogP contribution is -1.95. The summed E-state index contributed by atoms with van der Waals surface area (Å²) in [5.74, 6) is -1.41. The summed E-state index contributed by atoms with van der Waals surface area (Å²) in [6, 6.07) is 0. The van der Waals surface area contributed by atoms with Gasteiger partial charge in [-0.3, -0.25) is 0 Å². The second-order valence-corrected chi connectivity index (χ2v) is 4.82. The summed E-state index contributed by atoms with van der Waals surface area (Å²) in [6.45, 7) is 0. The highest BCUT2D eigenvalue weighted by molar-refractivity contribution is 9.10. The van der Waals surface area contributed by atoms with Crippen molar-refractivity contribution in [3.8, 4) is 0 Å². The molecule has 0 aliphatic rings. The zero-order valence-corrected chi connectivity index (χ0v) is 11.1. The van der Waals surface area contributed by atoms with Gasteiger partial charge in [0, 0.05) is 6.20 Å². The third-order valence-electron chi connectivity index (χ3n) is 1.97. The first-order valence-corrected chi connectivity index (χ1v) is 6.48. The summed E-state index contributed by atoms with van der Waals surface area (Å²) in [6.07, 6.45) is 2.98. The predicted octanol–water partition coefficient (Wildman–Crippen LogP) is 4.05. The zero-order valence-electron chi connectivity index (χ0n) is 7.89. The van der Waals surface area contributed by atoms with Gasteiger partial charge in [-0.05, 0) is 22.2 Å². The van der Waals surface area contributed by atoms with Crippen LogP contribution in [0.5, 0.6) is 0 Å². The maximum Gasteiger partial charge on any atom is 0.187 e. The van der Waals surface area contributed by atoms with Crippen LogP contribution in [0.2, 0.25) is 5.02 Å². The van der Waals surface area contributed by atoms with Crippen molar-refractivity contribution in [2.24, 2.45) is 0 Å². The summed E-state index contributed by atoms with van der Waals surface area (Å²) >= 11 is 9.74. The van der Waals surface area contributed by atoms with Crippen LogP contribution in [0.4, 0.5) is 8.78 Å². The van der Waals surface area contributed by atoms with E-state index in [9.17, 15) is 8.78 Å². The molecule has 0 N–H and O–H groups in total. The fraction of sp³-hybridized carbons (Fsp3) is 0.111. The normalized spacial score (nSPS) is 11.1. The largest absolute Gasteiger partial charge is 0.230 e. The van der Waals surface area contributed by atoms with Gasteiger partial charge in [-0.15, -0.1) is 0 Å². The van der Waals surface area contributed by atoms with Crippen LogP contribution in [-0.2, 0) is 0 Å². The molecular weight excluding hydrogens is 322 g/mol. The Morgan fingerprint density at radius 1 is 1.38 bits per heavy atom. The van der Waals surface area contributed by atoms with Crippen molar-refractivity contribution in [1.29, 1.82) is 0 Å². The molecule has 0 fully saturated rings. The number of halogens is 4. The van der Waals surface area contributed by atoms with Gasteiger partial charge in [0.1, 0.15) is 5.52 Å². The lowest BCUT2D eigenvalue weighted by atomic mass is 10.2. The number of aromatic nitrogens is 2. The Kier molecular flexibility index (Phi) is 3.32. The standard InChI is InChI=1S/C9H4BrClF2N2S/c1-16-9-14-2-3-6(12)5(11)4(10)7(13)8(3)15-9/h2H,1H3. The molecule has 7 heteroatoms. The molecule has 0 unspecified atom stereocenters. The maximum absolute atomic E-state index is 13.8. The fourth-order valence-corrected chi connectivity index (χ4v) is 2.09. The molecule has 84 valence electrons. The second-order valence-electron chi connectivity index (χ2n) is 2.87. The van der Waals surface area contributed by atoms with Crippen LogP contribution in [0, 0.1) is 11.6 Å². The second kappa shape index (κ2) is 4.43. The predicted molar refractivity (Wildman–Crippen MR) is 63.9 cm³/mol. The Labute approximate surface area is 108 Å². The Morgan fingerprint density at radius 3 is 2.69 bits per heavy atom. The first-order chi connectivity index (χ1) is 7.56. The fourth-order valence-electron chi connectivity index (χ4n) is 1.21. The van der Waals surface area contributed by atoms with Crippen LogP contribution in [-0.4, -0.2) is 16.2 Å². The van der Waals surface area contributed by atoms with Gasteiger partial charge in [-0.2, -0.15) is 0 Å². The molecule has 0 spiro atoms. The average molecular weight is 326 g/mol. The molecular formula is C9H4BrClF2N2S. The topological polar surface area (TPSA) is 25.8 Å². The first kappa shape index (κ1) is 12.0. The van der Waals surface area contributed by atoms with E-state index < -0.39 is 11.6 Å². The highest BCUT2D eigenvalue weighted by Crippen LogP contribution is 2.34. The van der Waals surface area contributed by atoms with Crippen molar-refractivity contribution >= 4 is 50.2 Å². The van der Waals surface area contributed by atoms with E-state index in [1.807, 2.05) is 0 Å². The summed E-state index contributed by atoms with van der Waals surface area (Å²) in [5.41, 5.74) is -0.0758. The molecule has 0 radical (unpaired) electrons. The lowest BCUT2D eigenvalue weighted by molar-refractivity contribution is 0.607. The minimum Gasteiger partial charge on any atom is -0.230 e. The van der Waals surface area contributed by atoms with Crippen molar-refractivity contribution < 1.29 is 8.78 Å². The Balaban J connectivity index is 2.91. The van der Waals surface area contributed by atoms with Crippen LogP contribution in [0.3, 0.4) is 0 Å². The molecule has 16 heavy (non-hydrogen) atoms. The number of fused-ring (bicyclic) bond motifs is 1. The smallest absolute Gasteiger partial charge is 0.187 e. The molecule has 0 bridgehead atoms. The highest BCUT2D eigenvalue weighted by Gasteiger charge is 2.18. The molecule has 0 amide bonds. The quantitative estimate of drug-likeness (QED) is 0.342. The van der Waals surface area contributed by atoms with Gasteiger partial charge in [0.05, 0.1) is 14.9 Å². The average Bonchev–Trinajstić information content (AvgIpc) is 2.33. The van der Waals surface area contributed by atoms with Crippen LogP contribution in [0.25, 0.3) is 10.9 Å². The number of thioether (sulfide) groups is 1. The summed E-state index contributed by atoms with van der Waals surface area (Å²) in [7, 11) is 0. The Bertz CT molecular complexity index is 579. The summed E-state index contributed by atoms with van der Waals surface area (Å²) in [4.78, 5) is 7.77. The molecule has 1 aromatic heterocycles. The van der Waals surface area contributed by atoms with E-state index in [1.165, 1.54) is 18.0 Å². The van der Waals surface area contributed by atoms with E-state index in [2.05, 4.69) is 25.9 Å². The molecule has 0 aliphatic carbocycles. The molecule has 1 aromatic carbocycles. The summed E-state index contributed by atoms with van der Waals surface area (Å²) < 4.78 is 27.3. The van der Waals surface area contributed by atoms with Gasteiger partial charge in [-0.1, -0.05) is 23.4 Å². The summed E-state index contributed by atoms with van der Waals surface area (Å²) in [5, 5.41) is 0.0500. The minimum atomic E-state index is -0.724. The van der Waals surface area contributed by atoms with E-state index in [0.29, 0.717) is 5.16 Å². The zero-order chi connectivity index (χ0) is 11.9. The number of rotatable bonds is 1. The van der Waals surface area contributed by atoms with Crippen LogP contribution in [0.15, 0.2) is 15.8 Å². The molecule has 0 atom stereocenters. The van der Waals surface area contributed by atoms with E-state index in [4.69, 9.17) is 11.6 Å². The van der Waals surface area contributed by atoms with E-state index in [0.717, 1.165) is 0 Å². The van der Waals surface area contributed by atoms with E-state index in [1.54, 1.807) is 6.26 Å². The molecule has 0 saturated heterocycles. The third-order valence-corrected chi connectivity index (χ3v) is 3.86. The van der Waals surface area contributed by atoms with Gasteiger partial charge in [0.25, 0.3) is 0 Å². The molecule has 0 aliphatic heterocycles. The van der Waals surface area contributed by atoms with Crippen LogP contribution < -0.4 is 0 Å². The third kappa shape index (κ3) is 1.78.